The van der Waals surface area contributed by atoms with Crippen LogP contribution in [0.3, 0.4) is 0 Å². The molecule has 5 nitrogen and oxygen atoms in total. The fourth-order valence-corrected chi connectivity index (χ4v) is 5.69. The molecule has 0 aliphatic carbocycles. The zero-order valence-electron chi connectivity index (χ0n) is 16.8. The summed E-state index contributed by atoms with van der Waals surface area (Å²) in [5.41, 5.74) is 2.58. The minimum atomic E-state index is -3.11. The molecule has 7 heteroatoms. The summed E-state index contributed by atoms with van der Waals surface area (Å²) in [6, 6.07) is 14.6. The third kappa shape index (κ3) is 5.31. The molecule has 2 aromatic carbocycles. The van der Waals surface area contributed by atoms with E-state index in [9.17, 15) is 13.2 Å². The fraction of sp³-hybridized carbons (Fsp3) is 0.409. The van der Waals surface area contributed by atoms with Gasteiger partial charge in [0.1, 0.15) is 0 Å². The van der Waals surface area contributed by atoms with Crippen LogP contribution in [0.25, 0.3) is 0 Å². The van der Waals surface area contributed by atoms with Crippen LogP contribution < -0.4 is 4.90 Å². The van der Waals surface area contributed by atoms with E-state index in [1.807, 2.05) is 12.1 Å². The molecule has 0 radical (unpaired) electrons. The molecule has 1 aliphatic heterocycles. The van der Waals surface area contributed by atoms with E-state index in [0.717, 1.165) is 24.3 Å². The van der Waals surface area contributed by atoms with Gasteiger partial charge in [-0.15, -0.1) is 0 Å². The lowest BCUT2D eigenvalue weighted by Gasteiger charge is -2.29. The topological polar surface area (TPSA) is 57.7 Å². The van der Waals surface area contributed by atoms with Gasteiger partial charge in [-0.25, -0.2) is 8.42 Å². The van der Waals surface area contributed by atoms with Crippen molar-refractivity contribution in [3.63, 3.8) is 0 Å². The van der Waals surface area contributed by atoms with E-state index in [-0.39, 0.29) is 23.5 Å². The Hall–Kier alpha value is -2.05. The highest BCUT2D eigenvalue weighted by Gasteiger charge is 2.35. The summed E-state index contributed by atoms with van der Waals surface area (Å²) in [6.07, 6.45) is 0.464. The molecule has 156 valence electrons. The summed E-state index contributed by atoms with van der Waals surface area (Å²) in [7, 11) is -3.11. The lowest BCUT2D eigenvalue weighted by Crippen LogP contribution is -2.40. The molecule has 0 aromatic heterocycles. The first-order valence-electron chi connectivity index (χ1n) is 9.93. The minimum Gasteiger partial charge on any atom is -0.372 e. The summed E-state index contributed by atoms with van der Waals surface area (Å²) in [5.74, 6) is -0.0585. The number of sulfone groups is 1. The average molecular weight is 435 g/mol. The second-order valence-corrected chi connectivity index (χ2v) is 10.0. The maximum Gasteiger partial charge on any atom is 0.254 e. The zero-order valence-corrected chi connectivity index (χ0v) is 18.4. The number of rotatable bonds is 7. The normalized spacial score (nSPS) is 17.8. The number of hydrogen-bond acceptors (Lipinski definition) is 4. The second-order valence-electron chi connectivity index (χ2n) is 7.34. The number of anilines is 1. The molecule has 1 saturated heterocycles. The van der Waals surface area contributed by atoms with Gasteiger partial charge in [-0.1, -0.05) is 29.8 Å². The highest BCUT2D eigenvalue weighted by molar-refractivity contribution is 7.91. The quantitative estimate of drug-likeness (QED) is 0.660. The van der Waals surface area contributed by atoms with Crippen LogP contribution in [0.2, 0.25) is 5.02 Å². The van der Waals surface area contributed by atoms with Crippen molar-refractivity contribution in [2.24, 2.45) is 0 Å². The van der Waals surface area contributed by atoms with Crippen molar-refractivity contribution >= 4 is 33.0 Å². The van der Waals surface area contributed by atoms with Gasteiger partial charge in [-0.2, -0.15) is 0 Å². The number of carbonyl (C=O) groups is 1. The number of amides is 1. The van der Waals surface area contributed by atoms with E-state index in [2.05, 4.69) is 30.9 Å². The molecule has 2 aromatic rings. The molecule has 1 fully saturated rings. The highest BCUT2D eigenvalue weighted by Crippen LogP contribution is 2.24. The molecule has 1 unspecified atom stereocenters. The molecule has 1 heterocycles. The van der Waals surface area contributed by atoms with Gasteiger partial charge < -0.3 is 9.80 Å². The summed E-state index contributed by atoms with van der Waals surface area (Å²) >= 11 is 6.06. The molecular formula is C22H27ClN2O3S. The van der Waals surface area contributed by atoms with Crippen molar-refractivity contribution in [1.29, 1.82) is 0 Å². The Morgan fingerprint density at radius 1 is 1.10 bits per heavy atom. The smallest absolute Gasteiger partial charge is 0.254 e. The SMILES string of the molecule is CCN(CC)c1ccc(CN(C(=O)c2cccc(Cl)c2)C2CCS(=O)(=O)C2)cc1. The maximum absolute atomic E-state index is 13.2. The molecule has 0 spiro atoms. The molecule has 0 saturated carbocycles. The first kappa shape index (κ1) is 21.7. The van der Waals surface area contributed by atoms with Crippen molar-refractivity contribution < 1.29 is 13.2 Å². The molecule has 0 bridgehead atoms. The Morgan fingerprint density at radius 3 is 2.34 bits per heavy atom. The zero-order chi connectivity index (χ0) is 21.0. The van der Waals surface area contributed by atoms with E-state index >= 15 is 0 Å². The Kier molecular flexibility index (Phi) is 6.85. The summed E-state index contributed by atoms with van der Waals surface area (Å²) in [6.45, 7) is 6.45. The van der Waals surface area contributed by atoms with Crippen molar-refractivity contribution in [2.75, 3.05) is 29.5 Å². The van der Waals surface area contributed by atoms with Crippen LogP contribution in [0.15, 0.2) is 48.5 Å². The van der Waals surface area contributed by atoms with Crippen LogP contribution in [-0.4, -0.2) is 49.9 Å². The predicted molar refractivity (Wildman–Crippen MR) is 118 cm³/mol. The van der Waals surface area contributed by atoms with Gasteiger partial charge in [0.05, 0.1) is 11.5 Å². The Balaban J connectivity index is 1.86. The standard InChI is InChI=1S/C22H27ClN2O3S/c1-3-24(4-2)20-10-8-17(9-11-20)15-25(21-12-13-29(27,28)16-21)22(26)18-6-5-7-19(23)14-18/h5-11,14,21H,3-4,12-13,15-16H2,1-2H3. The fourth-order valence-electron chi connectivity index (χ4n) is 3.77. The number of hydrogen-bond donors (Lipinski definition) is 0. The van der Waals surface area contributed by atoms with E-state index in [1.54, 1.807) is 29.2 Å². The van der Waals surface area contributed by atoms with Crippen LogP contribution in [0.5, 0.6) is 0 Å². The van der Waals surface area contributed by atoms with Gasteiger partial charge in [0.15, 0.2) is 9.84 Å². The molecule has 1 atom stereocenters. The average Bonchev–Trinajstić information content (AvgIpc) is 3.07. The highest BCUT2D eigenvalue weighted by atomic mass is 35.5. The lowest BCUT2D eigenvalue weighted by molar-refractivity contribution is 0.0681. The van der Waals surface area contributed by atoms with E-state index < -0.39 is 9.84 Å². The Labute approximate surface area is 178 Å². The molecule has 3 rings (SSSR count). The first-order chi connectivity index (χ1) is 13.8. The Bertz CT molecular complexity index is 956. The predicted octanol–water partition coefficient (Wildman–Crippen LogP) is 4.02. The van der Waals surface area contributed by atoms with Crippen LogP contribution >= 0.6 is 11.6 Å². The summed E-state index contributed by atoms with van der Waals surface area (Å²) < 4.78 is 24.1. The maximum atomic E-state index is 13.2. The van der Waals surface area contributed by atoms with Gasteiger partial charge in [0, 0.05) is 41.9 Å². The summed E-state index contributed by atoms with van der Waals surface area (Å²) in [4.78, 5) is 17.2. The van der Waals surface area contributed by atoms with Crippen molar-refractivity contribution in [3.05, 3.63) is 64.7 Å². The van der Waals surface area contributed by atoms with E-state index in [4.69, 9.17) is 11.6 Å². The van der Waals surface area contributed by atoms with Gasteiger partial charge in [-0.05, 0) is 56.2 Å². The number of carbonyl (C=O) groups excluding carboxylic acids is 1. The molecule has 29 heavy (non-hydrogen) atoms. The molecular weight excluding hydrogens is 408 g/mol. The van der Waals surface area contributed by atoms with Crippen molar-refractivity contribution in [2.45, 2.75) is 32.9 Å². The van der Waals surface area contributed by atoms with Crippen LogP contribution in [-0.2, 0) is 16.4 Å². The van der Waals surface area contributed by atoms with E-state index in [1.165, 1.54) is 0 Å². The van der Waals surface area contributed by atoms with Gasteiger partial charge in [0.2, 0.25) is 0 Å². The second kappa shape index (κ2) is 9.18. The Morgan fingerprint density at radius 2 is 1.79 bits per heavy atom. The number of nitrogens with zero attached hydrogens (tertiary/aromatic N) is 2. The van der Waals surface area contributed by atoms with E-state index in [0.29, 0.717) is 23.6 Å². The third-order valence-electron chi connectivity index (χ3n) is 5.40. The van der Waals surface area contributed by atoms with Crippen LogP contribution in [0.1, 0.15) is 36.2 Å². The van der Waals surface area contributed by atoms with Gasteiger partial charge in [0.25, 0.3) is 5.91 Å². The number of benzene rings is 2. The monoisotopic (exact) mass is 434 g/mol. The summed E-state index contributed by atoms with van der Waals surface area (Å²) in [5, 5.41) is 0.485. The molecule has 1 aliphatic rings. The van der Waals surface area contributed by atoms with Crippen LogP contribution in [0.4, 0.5) is 5.69 Å². The van der Waals surface area contributed by atoms with Gasteiger partial charge >= 0.3 is 0 Å². The first-order valence-corrected chi connectivity index (χ1v) is 12.1. The number of halogens is 1. The minimum absolute atomic E-state index is 0.0108. The molecule has 1 amide bonds. The van der Waals surface area contributed by atoms with Crippen molar-refractivity contribution in [3.8, 4) is 0 Å². The largest absolute Gasteiger partial charge is 0.372 e. The molecule has 0 N–H and O–H groups in total. The third-order valence-corrected chi connectivity index (χ3v) is 7.38. The van der Waals surface area contributed by atoms with Crippen molar-refractivity contribution in [1.82, 2.24) is 4.90 Å². The van der Waals surface area contributed by atoms with Gasteiger partial charge in [-0.3, -0.25) is 4.79 Å². The lowest BCUT2D eigenvalue weighted by atomic mass is 10.1. The van der Waals surface area contributed by atoms with Crippen LogP contribution in [0, 0.1) is 0 Å².